The number of benzene rings is 1. The van der Waals surface area contributed by atoms with Crippen molar-refractivity contribution in [2.24, 2.45) is 5.92 Å². The number of nitrogens with one attached hydrogen (secondary N) is 1. The number of hydrogen-bond donors (Lipinski definition) is 1. The van der Waals surface area contributed by atoms with Crippen molar-refractivity contribution >= 4 is 16.8 Å². The van der Waals surface area contributed by atoms with Crippen LogP contribution in [0, 0.1) is 12.8 Å². The first-order valence-corrected chi connectivity index (χ1v) is 6.32. The van der Waals surface area contributed by atoms with E-state index in [4.69, 9.17) is 0 Å². The molecule has 1 heterocycles. The van der Waals surface area contributed by atoms with Gasteiger partial charge in [0.05, 0.1) is 0 Å². The van der Waals surface area contributed by atoms with E-state index in [-0.39, 0.29) is 5.91 Å². The quantitative estimate of drug-likeness (QED) is 0.884. The third-order valence-electron chi connectivity index (χ3n) is 2.99. The molecule has 0 atom stereocenters. The lowest BCUT2D eigenvalue weighted by atomic mass is 10.2. The maximum absolute atomic E-state index is 12.2. The highest BCUT2D eigenvalue weighted by molar-refractivity contribution is 5.98. The van der Waals surface area contributed by atoms with Gasteiger partial charge in [0.15, 0.2) is 0 Å². The van der Waals surface area contributed by atoms with Crippen molar-refractivity contribution in [3.63, 3.8) is 0 Å². The van der Waals surface area contributed by atoms with E-state index < -0.39 is 0 Å². The zero-order valence-electron chi connectivity index (χ0n) is 11.4. The number of carbonyl (C=O) groups excluding carboxylic acids is 1. The maximum atomic E-state index is 12.2. The second-order valence-electron chi connectivity index (χ2n) is 5.35. The van der Waals surface area contributed by atoms with Gasteiger partial charge < -0.3 is 9.88 Å². The number of aromatic nitrogens is 1. The highest BCUT2D eigenvalue weighted by atomic mass is 16.2. The van der Waals surface area contributed by atoms with Crippen LogP contribution in [0.3, 0.4) is 0 Å². The Morgan fingerprint density at radius 1 is 1.33 bits per heavy atom. The summed E-state index contributed by atoms with van der Waals surface area (Å²) in [6.07, 6.45) is 0. The summed E-state index contributed by atoms with van der Waals surface area (Å²) in [5, 5.41) is 1.09. The van der Waals surface area contributed by atoms with Crippen LogP contribution in [0.4, 0.5) is 0 Å². The number of rotatable bonds is 3. The molecule has 0 aliphatic carbocycles. The fourth-order valence-corrected chi connectivity index (χ4v) is 2.19. The number of nitrogens with zero attached hydrogens (tertiary/aromatic N) is 1. The van der Waals surface area contributed by atoms with E-state index in [2.05, 4.69) is 31.0 Å². The number of aromatic amines is 1. The van der Waals surface area contributed by atoms with Gasteiger partial charge in [0, 0.05) is 24.5 Å². The van der Waals surface area contributed by atoms with Crippen LogP contribution in [-0.4, -0.2) is 29.4 Å². The predicted octanol–water partition coefficient (Wildman–Crippen LogP) is 3.20. The zero-order valence-corrected chi connectivity index (χ0v) is 11.4. The zero-order chi connectivity index (χ0) is 13.3. The van der Waals surface area contributed by atoms with Crippen molar-refractivity contribution in [3.8, 4) is 0 Å². The number of aryl methyl sites for hydroxylation is 1. The number of hydrogen-bond acceptors (Lipinski definition) is 1. The van der Waals surface area contributed by atoms with Crippen molar-refractivity contribution in [1.82, 2.24) is 9.88 Å². The molecule has 2 aromatic rings. The Balaban J connectivity index is 2.28. The molecule has 0 aliphatic rings. The topological polar surface area (TPSA) is 36.1 Å². The molecule has 0 spiro atoms. The van der Waals surface area contributed by atoms with Gasteiger partial charge in [0.25, 0.3) is 5.91 Å². The van der Waals surface area contributed by atoms with Gasteiger partial charge in [-0.25, -0.2) is 0 Å². The Hall–Kier alpha value is -1.77. The number of carbonyl (C=O) groups is 1. The Bertz CT molecular complexity index is 569. The van der Waals surface area contributed by atoms with Gasteiger partial charge in [-0.15, -0.1) is 0 Å². The van der Waals surface area contributed by atoms with Crippen LogP contribution in [0.25, 0.3) is 10.9 Å². The van der Waals surface area contributed by atoms with Gasteiger partial charge in [-0.2, -0.15) is 0 Å². The van der Waals surface area contributed by atoms with Crippen LogP contribution in [0.15, 0.2) is 24.3 Å². The average molecular weight is 244 g/mol. The van der Waals surface area contributed by atoms with Crippen molar-refractivity contribution in [1.29, 1.82) is 0 Å². The van der Waals surface area contributed by atoms with E-state index in [1.54, 1.807) is 4.90 Å². The highest BCUT2D eigenvalue weighted by Gasteiger charge is 2.15. The number of H-pyrrole nitrogens is 1. The van der Waals surface area contributed by atoms with E-state index >= 15 is 0 Å². The summed E-state index contributed by atoms with van der Waals surface area (Å²) in [6, 6.07) is 8.09. The maximum Gasteiger partial charge on any atom is 0.270 e. The second-order valence-corrected chi connectivity index (χ2v) is 5.35. The summed E-state index contributed by atoms with van der Waals surface area (Å²) in [7, 11) is 1.85. The predicted molar refractivity (Wildman–Crippen MR) is 74.8 cm³/mol. The molecule has 0 bridgehead atoms. The lowest BCUT2D eigenvalue weighted by Gasteiger charge is -2.18. The van der Waals surface area contributed by atoms with Crippen LogP contribution < -0.4 is 0 Å². The standard InChI is InChI=1S/C15H20N2O/c1-10(2)9-17(4)15(18)14-8-12-6-5-11(3)7-13(12)16-14/h5-8,10,16H,9H2,1-4H3. The smallest absolute Gasteiger partial charge is 0.270 e. The van der Waals surface area contributed by atoms with Gasteiger partial charge in [-0.3, -0.25) is 4.79 Å². The van der Waals surface area contributed by atoms with Crippen LogP contribution in [0.1, 0.15) is 29.9 Å². The van der Waals surface area contributed by atoms with E-state index in [0.29, 0.717) is 11.6 Å². The van der Waals surface area contributed by atoms with Crippen molar-refractivity contribution in [2.45, 2.75) is 20.8 Å². The Labute approximate surface area is 108 Å². The third kappa shape index (κ3) is 2.55. The van der Waals surface area contributed by atoms with E-state index in [1.165, 1.54) is 5.56 Å². The Morgan fingerprint density at radius 3 is 2.72 bits per heavy atom. The molecule has 18 heavy (non-hydrogen) atoms. The fourth-order valence-electron chi connectivity index (χ4n) is 2.19. The van der Waals surface area contributed by atoms with E-state index in [9.17, 15) is 4.79 Å². The molecule has 0 fully saturated rings. The Morgan fingerprint density at radius 2 is 2.06 bits per heavy atom. The van der Waals surface area contributed by atoms with Crippen LogP contribution in [-0.2, 0) is 0 Å². The highest BCUT2D eigenvalue weighted by Crippen LogP contribution is 2.18. The van der Waals surface area contributed by atoms with Gasteiger partial charge >= 0.3 is 0 Å². The summed E-state index contributed by atoms with van der Waals surface area (Å²) in [6.45, 7) is 7.04. The fraction of sp³-hybridized carbons (Fsp3) is 0.400. The first-order valence-electron chi connectivity index (χ1n) is 6.32. The summed E-state index contributed by atoms with van der Waals surface area (Å²) in [4.78, 5) is 17.2. The molecule has 0 radical (unpaired) electrons. The normalized spacial score (nSPS) is 11.2. The summed E-state index contributed by atoms with van der Waals surface area (Å²) in [5.74, 6) is 0.531. The SMILES string of the molecule is Cc1ccc2cc(C(=O)N(C)CC(C)C)[nH]c2c1. The lowest BCUT2D eigenvalue weighted by molar-refractivity contribution is 0.0774. The molecule has 1 aromatic carbocycles. The molecule has 0 unspecified atom stereocenters. The van der Waals surface area contributed by atoms with Gasteiger partial charge in [0.1, 0.15) is 5.69 Å². The molecule has 0 saturated carbocycles. The minimum atomic E-state index is 0.0533. The monoisotopic (exact) mass is 244 g/mol. The van der Waals surface area contributed by atoms with Gasteiger partial charge in [0.2, 0.25) is 0 Å². The molecule has 3 nitrogen and oxygen atoms in total. The van der Waals surface area contributed by atoms with Crippen LogP contribution in [0.5, 0.6) is 0 Å². The molecule has 96 valence electrons. The summed E-state index contributed by atoms with van der Waals surface area (Å²) < 4.78 is 0. The van der Waals surface area contributed by atoms with E-state index in [1.807, 2.05) is 26.1 Å². The first kappa shape index (κ1) is 12.7. The molecule has 1 N–H and O–H groups in total. The average Bonchev–Trinajstić information content (AvgIpc) is 2.69. The lowest BCUT2D eigenvalue weighted by Crippen LogP contribution is -2.30. The molecular formula is C15H20N2O. The van der Waals surface area contributed by atoms with Gasteiger partial charge in [-0.05, 0) is 30.5 Å². The molecule has 0 saturated heterocycles. The van der Waals surface area contributed by atoms with E-state index in [0.717, 1.165) is 17.4 Å². The molecule has 1 aromatic heterocycles. The number of amides is 1. The van der Waals surface area contributed by atoms with Crippen LogP contribution >= 0.6 is 0 Å². The van der Waals surface area contributed by atoms with Crippen molar-refractivity contribution in [3.05, 3.63) is 35.5 Å². The summed E-state index contributed by atoms with van der Waals surface area (Å²) in [5.41, 5.74) is 2.88. The van der Waals surface area contributed by atoms with Crippen molar-refractivity contribution in [2.75, 3.05) is 13.6 Å². The molecule has 2 rings (SSSR count). The Kier molecular flexibility index (Phi) is 3.41. The largest absolute Gasteiger partial charge is 0.351 e. The summed E-state index contributed by atoms with van der Waals surface area (Å²) >= 11 is 0. The minimum Gasteiger partial charge on any atom is -0.351 e. The molecular weight excluding hydrogens is 224 g/mol. The van der Waals surface area contributed by atoms with Gasteiger partial charge in [-0.1, -0.05) is 26.0 Å². The first-order chi connectivity index (χ1) is 8.47. The third-order valence-corrected chi connectivity index (χ3v) is 2.99. The van der Waals surface area contributed by atoms with Crippen molar-refractivity contribution < 1.29 is 4.79 Å². The second kappa shape index (κ2) is 4.84. The van der Waals surface area contributed by atoms with Crippen LogP contribution in [0.2, 0.25) is 0 Å². The molecule has 1 amide bonds. The molecule has 0 aliphatic heterocycles. The number of fused-ring (bicyclic) bond motifs is 1. The minimum absolute atomic E-state index is 0.0533. The molecule has 3 heteroatoms.